The first-order valence-electron chi connectivity index (χ1n) is 8.28. The predicted octanol–water partition coefficient (Wildman–Crippen LogP) is 1.96. The van der Waals surface area contributed by atoms with Gasteiger partial charge in [0.1, 0.15) is 0 Å². The monoisotopic (exact) mass is 298 g/mol. The van der Waals surface area contributed by atoms with E-state index in [2.05, 4.69) is 17.1 Å². The van der Waals surface area contributed by atoms with Gasteiger partial charge in [-0.2, -0.15) is 0 Å². The maximum Gasteiger partial charge on any atom is 0.309 e. The summed E-state index contributed by atoms with van der Waals surface area (Å²) in [5.41, 5.74) is 0. The van der Waals surface area contributed by atoms with Gasteiger partial charge in [-0.05, 0) is 46.2 Å². The molecule has 0 aliphatic carbocycles. The fourth-order valence-electron chi connectivity index (χ4n) is 2.68. The molecule has 5 nitrogen and oxygen atoms in total. The Morgan fingerprint density at radius 2 is 1.90 bits per heavy atom. The number of hydrogen-bond acceptors (Lipinski definition) is 4. The van der Waals surface area contributed by atoms with E-state index in [0.29, 0.717) is 6.61 Å². The highest BCUT2D eigenvalue weighted by atomic mass is 16.5. The molecule has 1 atom stereocenters. The molecule has 122 valence electrons. The lowest BCUT2D eigenvalue weighted by molar-refractivity contribution is -0.149. The van der Waals surface area contributed by atoms with Crippen LogP contribution in [0.4, 0.5) is 0 Å². The van der Waals surface area contributed by atoms with Gasteiger partial charge in [0.05, 0.1) is 18.6 Å². The Morgan fingerprint density at radius 1 is 1.24 bits per heavy atom. The van der Waals surface area contributed by atoms with Crippen LogP contribution in [0.15, 0.2) is 0 Å². The molecule has 21 heavy (non-hydrogen) atoms. The van der Waals surface area contributed by atoms with E-state index >= 15 is 0 Å². The molecule has 1 rings (SSSR count). The number of amides is 1. The number of likely N-dealkylation sites (tertiary alicyclic amines) is 1. The summed E-state index contributed by atoms with van der Waals surface area (Å²) in [4.78, 5) is 25.9. The fraction of sp³-hybridized carbons (Fsp3) is 0.875. The number of ether oxygens (including phenoxy) is 1. The molecule has 0 saturated carbocycles. The van der Waals surface area contributed by atoms with E-state index in [4.69, 9.17) is 4.74 Å². The predicted molar refractivity (Wildman–Crippen MR) is 82.9 cm³/mol. The van der Waals surface area contributed by atoms with Crippen molar-refractivity contribution in [1.82, 2.24) is 10.2 Å². The van der Waals surface area contributed by atoms with Crippen LogP contribution in [0.3, 0.4) is 0 Å². The summed E-state index contributed by atoms with van der Waals surface area (Å²) in [6.45, 7) is 8.70. The third-order valence-corrected chi connectivity index (χ3v) is 4.16. The maximum absolute atomic E-state index is 12.1. The minimum absolute atomic E-state index is 0.000940. The molecule has 1 saturated heterocycles. The Hall–Kier alpha value is -1.10. The second kappa shape index (κ2) is 9.77. The van der Waals surface area contributed by atoms with Gasteiger partial charge in [0.2, 0.25) is 5.91 Å². The Labute approximate surface area is 128 Å². The Kier molecular flexibility index (Phi) is 8.35. The molecule has 1 fully saturated rings. The smallest absolute Gasteiger partial charge is 0.309 e. The lowest BCUT2D eigenvalue weighted by Gasteiger charge is -2.34. The molecule has 0 bridgehead atoms. The van der Waals surface area contributed by atoms with E-state index in [9.17, 15) is 9.59 Å². The molecule has 1 heterocycles. The molecule has 1 amide bonds. The zero-order valence-electron chi connectivity index (χ0n) is 13.7. The molecule has 0 aromatic heterocycles. The quantitative estimate of drug-likeness (QED) is 0.550. The number of nitrogens with one attached hydrogen (secondary N) is 1. The molecule has 1 unspecified atom stereocenters. The molecule has 0 aromatic carbocycles. The van der Waals surface area contributed by atoms with Crippen LogP contribution >= 0.6 is 0 Å². The topological polar surface area (TPSA) is 58.6 Å². The molecular formula is C16H30N2O3. The summed E-state index contributed by atoms with van der Waals surface area (Å²) in [7, 11) is 0. The largest absolute Gasteiger partial charge is 0.466 e. The molecular weight excluding hydrogens is 268 g/mol. The first-order valence-corrected chi connectivity index (χ1v) is 8.28. The number of hydrogen-bond donors (Lipinski definition) is 1. The lowest BCUT2D eigenvalue weighted by Crippen LogP contribution is -2.49. The van der Waals surface area contributed by atoms with Crippen LogP contribution in [0, 0.1) is 5.92 Å². The van der Waals surface area contributed by atoms with Crippen LogP contribution in [0.25, 0.3) is 0 Å². The summed E-state index contributed by atoms with van der Waals surface area (Å²) < 4.78 is 5.06. The third-order valence-electron chi connectivity index (χ3n) is 4.16. The van der Waals surface area contributed by atoms with E-state index in [-0.39, 0.29) is 23.8 Å². The summed E-state index contributed by atoms with van der Waals surface area (Å²) in [6.07, 6.45) is 4.92. The average Bonchev–Trinajstić information content (AvgIpc) is 2.51. The zero-order valence-corrected chi connectivity index (χ0v) is 13.7. The van der Waals surface area contributed by atoms with Crippen LogP contribution in [0.2, 0.25) is 0 Å². The number of nitrogens with zero attached hydrogens (tertiary/aromatic N) is 1. The van der Waals surface area contributed by atoms with E-state index in [1.54, 1.807) is 0 Å². The van der Waals surface area contributed by atoms with Gasteiger partial charge in [0.25, 0.3) is 0 Å². The molecule has 0 spiro atoms. The number of rotatable bonds is 8. The van der Waals surface area contributed by atoms with Crippen molar-refractivity contribution in [3.05, 3.63) is 0 Å². The molecule has 1 N–H and O–H groups in total. The number of esters is 1. The highest BCUT2D eigenvalue weighted by Gasteiger charge is 2.30. The fourth-order valence-corrected chi connectivity index (χ4v) is 2.68. The van der Waals surface area contributed by atoms with Crippen LogP contribution in [0.1, 0.15) is 52.9 Å². The first-order chi connectivity index (χ1) is 10.1. The molecule has 1 aliphatic rings. The molecule has 5 heteroatoms. The second-order valence-corrected chi connectivity index (χ2v) is 5.74. The summed E-state index contributed by atoms with van der Waals surface area (Å²) in [5, 5.41) is 3.00. The van der Waals surface area contributed by atoms with Crippen LogP contribution in [-0.4, -0.2) is 49.1 Å². The van der Waals surface area contributed by atoms with E-state index in [0.717, 1.165) is 51.7 Å². The van der Waals surface area contributed by atoms with Gasteiger partial charge in [0, 0.05) is 6.54 Å². The summed E-state index contributed by atoms with van der Waals surface area (Å²) in [6, 6.07) is -0.116. The zero-order chi connectivity index (χ0) is 15.7. The van der Waals surface area contributed by atoms with Crippen molar-refractivity contribution in [1.29, 1.82) is 0 Å². The van der Waals surface area contributed by atoms with Crippen molar-refractivity contribution >= 4 is 11.9 Å². The van der Waals surface area contributed by atoms with Crippen molar-refractivity contribution in [2.75, 3.05) is 26.2 Å². The van der Waals surface area contributed by atoms with Gasteiger partial charge in [-0.1, -0.05) is 19.8 Å². The van der Waals surface area contributed by atoms with Gasteiger partial charge in [-0.25, -0.2) is 0 Å². The van der Waals surface area contributed by atoms with Crippen molar-refractivity contribution in [2.45, 2.75) is 58.9 Å². The summed E-state index contributed by atoms with van der Waals surface area (Å²) >= 11 is 0. The SMILES string of the molecule is CCCCCNC(=O)C(C)N1CCC(C(=O)OCC)CC1. The van der Waals surface area contributed by atoms with Gasteiger partial charge in [0.15, 0.2) is 0 Å². The van der Waals surface area contributed by atoms with Crippen molar-refractivity contribution in [2.24, 2.45) is 5.92 Å². The number of carbonyl (C=O) groups excluding carboxylic acids is 2. The normalized spacial score (nSPS) is 18.2. The van der Waals surface area contributed by atoms with Crippen molar-refractivity contribution in [3.8, 4) is 0 Å². The highest BCUT2D eigenvalue weighted by Crippen LogP contribution is 2.20. The van der Waals surface area contributed by atoms with E-state index in [1.165, 1.54) is 0 Å². The second-order valence-electron chi connectivity index (χ2n) is 5.74. The van der Waals surface area contributed by atoms with Crippen LogP contribution in [0.5, 0.6) is 0 Å². The minimum Gasteiger partial charge on any atom is -0.466 e. The Bertz CT molecular complexity index is 325. The molecule has 0 radical (unpaired) electrons. The summed E-state index contributed by atoms with van der Waals surface area (Å²) in [5.74, 6) is 0.00974. The minimum atomic E-state index is -0.116. The number of carbonyl (C=O) groups is 2. The standard InChI is InChI=1S/C16H30N2O3/c1-4-6-7-10-17-15(19)13(3)18-11-8-14(9-12-18)16(20)21-5-2/h13-14H,4-12H2,1-3H3,(H,17,19). The van der Waals surface area contributed by atoms with Crippen molar-refractivity contribution in [3.63, 3.8) is 0 Å². The number of piperidine rings is 1. The maximum atomic E-state index is 12.1. The lowest BCUT2D eigenvalue weighted by atomic mass is 9.96. The van der Waals surface area contributed by atoms with Gasteiger partial charge < -0.3 is 10.1 Å². The molecule has 1 aliphatic heterocycles. The Balaban J connectivity index is 2.29. The third kappa shape index (κ3) is 6.04. The molecule has 0 aromatic rings. The first kappa shape index (κ1) is 18.0. The highest BCUT2D eigenvalue weighted by molar-refractivity contribution is 5.81. The Morgan fingerprint density at radius 3 is 2.48 bits per heavy atom. The van der Waals surface area contributed by atoms with Gasteiger partial charge in [-0.15, -0.1) is 0 Å². The van der Waals surface area contributed by atoms with Crippen LogP contribution < -0.4 is 5.32 Å². The van der Waals surface area contributed by atoms with Gasteiger partial charge in [-0.3, -0.25) is 14.5 Å². The van der Waals surface area contributed by atoms with Crippen molar-refractivity contribution < 1.29 is 14.3 Å². The number of unbranched alkanes of at least 4 members (excludes halogenated alkanes) is 2. The van der Waals surface area contributed by atoms with E-state index in [1.807, 2.05) is 13.8 Å². The van der Waals surface area contributed by atoms with E-state index < -0.39 is 0 Å². The average molecular weight is 298 g/mol. The van der Waals surface area contributed by atoms with Crippen LogP contribution in [-0.2, 0) is 14.3 Å². The van der Waals surface area contributed by atoms with Gasteiger partial charge >= 0.3 is 5.97 Å².